The third kappa shape index (κ3) is 1.46. The zero-order chi connectivity index (χ0) is 5.82. The van der Waals surface area contributed by atoms with Crippen LogP contribution in [0.1, 0.15) is 12.8 Å². The fourth-order valence-electron chi connectivity index (χ4n) is 0.943. The maximum Gasteiger partial charge on any atom is 0.0452 e. The largest absolute Gasteiger partial charge is 0.662 e. The average molecular weight is 114 g/mol. The molecule has 1 aliphatic heterocycles. The highest BCUT2D eigenvalue weighted by molar-refractivity contribution is 4.87. The Morgan fingerprint density at radius 1 is 1.38 bits per heavy atom. The Balaban J connectivity index is 2.13. The van der Waals surface area contributed by atoms with Crippen molar-refractivity contribution in [3.8, 4) is 0 Å². The molecule has 1 rings (SSSR count). The topological polar surface area (TPSA) is 23.3 Å². The third-order valence-corrected chi connectivity index (χ3v) is 1.56. The lowest BCUT2D eigenvalue weighted by atomic mass is 10.1. The number of ether oxygens (including phenoxy) is 1. The quantitative estimate of drug-likeness (QED) is 0.502. The fraction of sp³-hybridized carbons (Fsp3) is 1.00. The van der Waals surface area contributed by atoms with Gasteiger partial charge >= 0.3 is 0 Å². The van der Waals surface area contributed by atoms with Gasteiger partial charge in [0.25, 0.3) is 0 Å². The van der Waals surface area contributed by atoms with Gasteiger partial charge < -0.3 is 10.1 Å². The third-order valence-electron chi connectivity index (χ3n) is 1.56. The predicted molar refractivity (Wildman–Crippen MR) is 33.1 cm³/mol. The van der Waals surface area contributed by atoms with Crippen molar-refractivity contribution in [2.75, 3.05) is 20.3 Å². The Hall–Kier alpha value is -0.0800. The number of hydrogen-bond acceptors (Lipinski definition) is 1. The molecule has 0 atom stereocenters. The van der Waals surface area contributed by atoms with Crippen molar-refractivity contribution in [1.82, 2.24) is 0 Å². The van der Waals surface area contributed by atoms with E-state index in [1.54, 1.807) is 0 Å². The van der Waals surface area contributed by atoms with Crippen LogP contribution in [0.5, 0.6) is 0 Å². The van der Waals surface area contributed by atoms with E-state index in [9.17, 15) is 0 Å². The highest BCUT2D eigenvalue weighted by atomic mass is 16.5. The van der Waals surface area contributed by atoms with Crippen LogP contribution >= 0.6 is 0 Å². The lowest BCUT2D eigenvalue weighted by Crippen LogP contribution is -2.18. The van der Waals surface area contributed by atoms with Crippen LogP contribution in [-0.2, 0) is 4.74 Å². The maximum absolute atomic E-state index is 5.14. The highest BCUT2D eigenvalue weighted by Gasteiger charge is 2.02. The summed E-state index contributed by atoms with van der Waals surface area (Å²) in [5.41, 5.74) is 0. The summed E-state index contributed by atoms with van der Waals surface area (Å²) in [7, 11) is 1.88. The van der Waals surface area contributed by atoms with Gasteiger partial charge in [-0.05, 0) is 12.8 Å². The summed E-state index contributed by atoms with van der Waals surface area (Å²) in [4.78, 5) is 0. The SMILES string of the molecule is C[N-]C1CCOCC1. The Bertz CT molecular complexity index is 59.5. The van der Waals surface area contributed by atoms with E-state index in [4.69, 9.17) is 4.74 Å². The second-order valence-electron chi connectivity index (χ2n) is 2.10. The van der Waals surface area contributed by atoms with Gasteiger partial charge in [-0.2, -0.15) is 7.05 Å². The molecule has 1 aliphatic rings. The first-order valence-electron chi connectivity index (χ1n) is 3.10. The molecule has 2 nitrogen and oxygen atoms in total. The normalized spacial score (nSPS) is 23.6. The molecule has 0 bridgehead atoms. The van der Waals surface area contributed by atoms with Crippen molar-refractivity contribution in [2.45, 2.75) is 18.9 Å². The van der Waals surface area contributed by atoms with E-state index in [0.29, 0.717) is 6.04 Å². The molecular weight excluding hydrogens is 102 g/mol. The summed E-state index contributed by atoms with van der Waals surface area (Å²) in [6, 6.07) is 0.587. The molecule has 8 heavy (non-hydrogen) atoms. The van der Waals surface area contributed by atoms with Crippen LogP contribution in [-0.4, -0.2) is 26.3 Å². The van der Waals surface area contributed by atoms with Crippen molar-refractivity contribution >= 4 is 0 Å². The molecular formula is C6H12NO-. The molecule has 0 N–H and O–H groups in total. The molecule has 2 heteroatoms. The summed E-state index contributed by atoms with van der Waals surface area (Å²) < 4.78 is 5.14. The molecule has 0 aromatic heterocycles. The Kier molecular flexibility index (Phi) is 2.30. The standard InChI is InChI=1S/C6H12NO/c1-7-6-2-4-8-5-3-6/h6H,2-5H2,1H3/q-1. The molecule has 0 unspecified atom stereocenters. The van der Waals surface area contributed by atoms with Crippen LogP contribution in [0.2, 0.25) is 0 Å². The molecule has 0 aromatic carbocycles. The first-order valence-corrected chi connectivity index (χ1v) is 3.10. The van der Waals surface area contributed by atoms with Gasteiger partial charge in [0.15, 0.2) is 0 Å². The van der Waals surface area contributed by atoms with Crippen molar-refractivity contribution in [2.24, 2.45) is 0 Å². The molecule has 0 aromatic rings. The van der Waals surface area contributed by atoms with Crippen LogP contribution in [0.3, 0.4) is 0 Å². The number of nitrogens with zero attached hydrogens (tertiary/aromatic N) is 1. The van der Waals surface area contributed by atoms with Crippen molar-refractivity contribution in [3.05, 3.63) is 5.32 Å². The zero-order valence-corrected chi connectivity index (χ0v) is 5.26. The highest BCUT2D eigenvalue weighted by Crippen LogP contribution is 2.12. The molecule has 0 saturated carbocycles. The molecule has 0 radical (unpaired) electrons. The smallest absolute Gasteiger partial charge is 0.0452 e. The number of hydrogen-bond donors (Lipinski definition) is 0. The monoisotopic (exact) mass is 114 g/mol. The van der Waals surface area contributed by atoms with Crippen molar-refractivity contribution < 1.29 is 4.74 Å². The lowest BCUT2D eigenvalue weighted by molar-refractivity contribution is 0.0920. The molecule has 0 aliphatic carbocycles. The first-order chi connectivity index (χ1) is 3.93. The van der Waals surface area contributed by atoms with Crippen molar-refractivity contribution in [1.29, 1.82) is 0 Å². The van der Waals surface area contributed by atoms with Crippen LogP contribution in [0.15, 0.2) is 0 Å². The minimum atomic E-state index is 0.587. The summed E-state index contributed by atoms with van der Waals surface area (Å²) in [6.07, 6.45) is 2.24. The molecule has 1 heterocycles. The second kappa shape index (κ2) is 3.05. The predicted octanol–water partition coefficient (Wildman–Crippen LogP) is 1.17. The van der Waals surface area contributed by atoms with Gasteiger partial charge in [0.2, 0.25) is 0 Å². The van der Waals surface area contributed by atoms with Gasteiger partial charge in [0.1, 0.15) is 0 Å². The summed E-state index contributed by atoms with van der Waals surface area (Å²) in [5.74, 6) is 0. The van der Waals surface area contributed by atoms with Crippen LogP contribution in [0, 0.1) is 0 Å². The molecule has 0 spiro atoms. The van der Waals surface area contributed by atoms with Crippen molar-refractivity contribution in [3.63, 3.8) is 0 Å². The summed E-state index contributed by atoms with van der Waals surface area (Å²) in [5, 5.41) is 4.17. The van der Waals surface area contributed by atoms with E-state index >= 15 is 0 Å². The van der Waals surface area contributed by atoms with E-state index in [2.05, 4.69) is 5.32 Å². The van der Waals surface area contributed by atoms with E-state index in [0.717, 1.165) is 26.1 Å². The van der Waals surface area contributed by atoms with Gasteiger partial charge in [0, 0.05) is 13.2 Å². The Morgan fingerprint density at radius 2 is 2.00 bits per heavy atom. The minimum Gasteiger partial charge on any atom is -0.662 e. The average Bonchev–Trinajstić information content (AvgIpc) is 1.90. The van der Waals surface area contributed by atoms with Crippen LogP contribution < -0.4 is 0 Å². The second-order valence-corrected chi connectivity index (χ2v) is 2.10. The Morgan fingerprint density at radius 3 is 2.38 bits per heavy atom. The molecule has 0 amide bonds. The summed E-state index contributed by atoms with van der Waals surface area (Å²) >= 11 is 0. The van der Waals surface area contributed by atoms with E-state index < -0.39 is 0 Å². The van der Waals surface area contributed by atoms with E-state index in [-0.39, 0.29) is 0 Å². The van der Waals surface area contributed by atoms with Crippen LogP contribution in [0.25, 0.3) is 5.32 Å². The van der Waals surface area contributed by atoms with Gasteiger partial charge in [0.05, 0.1) is 0 Å². The fourth-order valence-corrected chi connectivity index (χ4v) is 0.943. The van der Waals surface area contributed by atoms with Gasteiger partial charge in [-0.15, -0.1) is 6.04 Å². The molecule has 1 fully saturated rings. The summed E-state index contributed by atoms with van der Waals surface area (Å²) in [6.45, 7) is 1.81. The molecule has 1 saturated heterocycles. The lowest BCUT2D eigenvalue weighted by Gasteiger charge is -2.31. The van der Waals surface area contributed by atoms with Crippen LogP contribution in [0.4, 0.5) is 0 Å². The van der Waals surface area contributed by atoms with E-state index in [1.165, 1.54) is 0 Å². The Labute approximate surface area is 50.2 Å². The van der Waals surface area contributed by atoms with E-state index in [1.807, 2.05) is 7.05 Å². The maximum atomic E-state index is 5.14. The zero-order valence-electron chi connectivity index (χ0n) is 5.26. The van der Waals surface area contributed by atoms with Gasteiger partial charge in [-0.25, -0.2) is 0 Å². The first kappa shape index (κ1) is 6.05. The number of rotatable bonds is 1. The van der Waals surface area contributed by atoms with Gasteiger partial charge in [-0.3, -0.25) is 0 Å². The minimum absolute atomic E-state index is 0.587. The van der Waals surface area contributed by atoms with Gasteiger partial charge in [-0.1, -0.05) is 0 Å². The molecule has 48 valence electrons.